The predicted octanol–water partition coefficient (Wildman–Crippen LogP) is 3.68. The monoisotopic (exact) mass is 263 g/mol. The first-order chi connectivity index (χ1) is 9.07. The summed E-state index contributed by atoms with van der Waals surface area (Å²) in [5, 5.41) is 8.13. The lowest BCUT2D eigenvalue weighted by molar-refractivity contribution is 0.157. The summed E-state index contributed by atoms with van der Waals surface area (Å²) in [5.41, 5.74) is 1.81. The molecule has 1 atom stereocenters. The Bertz CT molecular complexity index is 388. The zero-order chi connectivity index (χ0) is 13.9. The third-order valence-electron chi connectivity index (χ3n) is 4.49. The molecule has 0 saturated heterocycles. The Labute approximate surface area is 117 Å². The highest BCUT2D eigenvalue weighted by Gasteiger charge is 2.42. The Kier molecular flexibility index (Phi) is 4.67. The van der Waals surface area contributed by atoms with Gasteiger partial charge in [-0.2, -0.15) is 5.10 Å². The van der Waals surface area contributed by atoms with Gasteiger partial charge < -0.3 is 5.32 Å². The molecule has 2 rings (SSSR count). The molecule has 1 aromatic heterocycles. The van der Waals surface area contributed by atoms with Crippen LogP contribution >= 0.6 is 0 Å². The second-order valence-corrected chi connectivity index (χ2v) is 6.61. The summed E-state index contributed by atoms with van der Waals surface area (Å²) in [6.07, 6.45) is 11.0. The van der Waals surface area contributed by atoms with Crippen LogP contribution in [0.25, 0.3) is 0 Å². The van der Waals surface area contributed by atoms with Gasteiger partial charge in [-0.3, -0.25) is 4.68 Å². The van der Waals surface area contributed by atoms with E-state index < -0.39 is 0 Å². The number of aromatic nitrogens is 2. The molecule has 3 nitrogen and oxygen atoms in total. The SMILES string of the molecule is CCNC(c1cnn(C)c1)C1(CC(C)C)CCCC1. The second kappa shape index (κ2) is 6.08. The van der Waals surface area contributed by atoms with Crippen molar-refractivity contribution in [2.45, 2.75) is 58.9 Å². The molecule has 0 amide bonds. The zero-order valence-corrected chi connectivity index (χ0v) is 12.9. The van der Waals surface area contributed by atoms with E-state index in [1.165, 1.54) is 37.7 Å². The van der Waals surface area contributed by atoms with Crippen molar-refractivity contribution in [2.24, 2.45) is 18.4 Å². The fourth-order valence-corrected chi connectivity index (χ4v) is 3.98. The lowest BCUT2D eigenvalue weighted by Crippen LogP contribution is -2.37. The van der Waals surface area contributed by atoms with Gasteiger partial charge in [-0.05, 0) is 37.1 Å². The summed E-state index contributed by atoms with van der Waals surface area (Å²) in [7, 11) is 2.01. The lowest BCUT2D eigenvalue weighted by atomic mass is 9.71. The second-order valence-electron chi connectivity index (χ2n) is 6.61. The van der Waals surface area contributed by atoms with Crippen molar-refractivity contribution in [3.63, 3.8) is 0 Å². The summed E-state index contributed by atoms with van der Waals surface area (Å²) < 4.78 is 1.93. The molecule has 1 aliphatic carbocycles. The van der Waals surface area contributed by atoms with Crippen LogP contribution in [0.15, 0.2) is 12.4 Å². The van der Waals surface area contributed by atoms with Crippen LogP contribution in [0.3, 0.4) is 0 Å². The van der Waals surface area contributed by atoms with E-state index in [2.05, 4.69) is 37.4 Å². The molecule has 1 aromatic rings. The smallest absolute Gasteiger partial charge is 0.0537 e. The van der Waals surface area contributed by atoms with Gasteiger partial charge >= 0.3 is 0 Å². The van der Waals surface area contributed by atoms with Gasteiger partial charge in [0.05, 0.1) is 6.20 Å². The molecule has 0 radical (unpaired) electrons. The molecule has 1 fully saturated rings. The Morgan fingerprint density at radius 3 is 2.53 bits per heavy atom. The standard InChI is InChI=1S/C16H29N3/c1-5-17-15(14-11-18-19(4)12-14)16(10-13(2)3)8-6-7-9-16/h11-13,15,17H,5-10H2,1-4H3. The van der Waals surface area contributed by atoms with Crippen molar-refractivity contribution in [1.82, 2.24) is 15.1 Å². The summed E-state index contributed by atoms with van der Waals surface area (Å²) in [6, 6.07) is 0.469. The molecule has 1 N–H and O–H groups in total. The van der Waals surface area contributed by atoms with Gasteiger partial charge in [0.25, 0.3) is 0 Å². The Hall–Kier alpha value is -0.830. The molecule has 1 saturated carbocycles. The van der Waals surface area contributed by atoms with Gasteiger partial charge in [0, 0.05) is 24.8 Å². The van der Waals surface area contributed by atoms with Crippen LogP contribution in [0.2, 0.25) is 0 Å². The number of nitrogens with one attached hydrogen (secondary N) is 1. The first-order valence-electron chi connectivity index (χ1n) is 7.79. The molecular formula is C16H29N3. The molecule has 0 spiro atoms. The van der Waals surface area contributed by atoms with Crippen molar-refractivity contribution >= 4 is 0 Å². The minimum atomic E-state index is 0.438. The molecule has 0 aliphatic heterocycles. The van der Waals surface area contributed by atoms with Crippen LogP contribution in [-0.4, -0.2) is 16.3 Å². The maximum Gasteiger partial charge on any atom is 0.0537 e. The first-order valence-corrected chi connectivity index (χ1v) is 7.79. The van der Waals surface area contributed by atoms with Crippen LogP contribution < -0.4 is 5.32 Å². The van der Waals surface area contributed by atoms with Gasteiger partial charge in [-0.1, -0.05) is 33.6 Å². The highest BCUT2D eigenvalue weighted by Crippen LogP contribution is 2.51. The van der Waals surface area contributed by atoms with Crippen molar-refractivity contribution in [1.29, 1.82) is 0 Å². The molecule has 1 aliphatic rings. The largest absolute Gasteiger partial charge is 0.310 e. The van der Waals surface area contributed by atoms with E-state index in [-0.39, 0.29) is 0 Å². The average molecular weight is 263 g/mol. The third-order valence-corrected chi connectivity index (χ3v) is 4.49. The highest BCUT2D eigenvalue weighted by atomic mass is 15.2. The fourth-order valence-electron chi connectivity index (χ4n) is 3.98. The average Bonchev–Trinajstić information content (AvgIpc) is 2.95. The number of hydrogen-bond acceptors (Lipinski definition) is 2. The van der Waals surface area contributed by atoms with Crippen molar-refractivity contribution in [3.8, 4) is 0 Å². The molecule has 0 bridgehead atoms. The first kappa shape index (κ1) is 14.6. The van der Waals surface area contributed by atoms with E-state index >= 15 is 0 Å². The number of hydrogen-bond donors (Lipinski definition) is 1. The maximum atomic E-state index is 4.38. The van der Waals surface area contributed by atoms with Gasteiger partial charge in [0.2, 0.25) is 0 Å². The fraction of sp³-hybridized carbons (Fsp3) is 0.812. The van der Waals surface area contributed by atoms with Crippen molar-refractivity contribution in [3.05, 3.63) is 18.0 Å². The van der Waals surface area contributed by atoms with E-state index in [0.29, 0.717) is 11.5 Å². The summed E-state index contributed by atoms with van der Waals surface area (Å²) in [6.45, 7) is 7.94. The zero-order valence-electron chi connectivity index (χ0n) is 12.9. The molecule has 0 aromatic carbocycles. The molecule has 3 heteroatoms. The van der Waals surface area contributed by atoms with Gasteiger partial charge in [0.1, 0.15) is 0 Å². The molecule has 1 unspecified atom stereocenters. The Morgan fingerprint density at radius 2 is 2.05 bits per heavy atom. The minimum absolute atomic E-state index is 0.438. The summed E-state index contributed by atoms with van der Waals surface area (Å²) >= 11 is 0. The molecule has 19 heavy (non-hydrogen) atoms. The van der Waals surface area contributed by atoms with Gasteiger partial charge in [-0.25, -0.2) is 0 Å². The minimum Gasteiger partial charge on any atom is -0.310 e. The van der Waals surface area contributed by atoms with Crippen molar-refractivity contribution in [2.75, 3.05) is 6.54 Å². The van der Waals surface area contributed by atoms with Crippen molar-refractivity contribution < 1.29 is 0 Å². The normalized spacial score (nSPS) is 20.1. The molecule has 1 heterocycles. The highest BCUT2D eigenvalue weighted by molar-refractivity contribution is 5.16. The van der Waals surface area contributed by atoms with Crippen LogP contribution in [0, 0.1) is 11.3 Å². The summed E-state index contributed by atoms with van der Waals surface area (Å²) in [5.74, 6) is 0.760. The number of rotatable bonds is 6. The number of aryl methyl sites for hydroxylation is 1. The quantitative estimate of drug-likeness (QED) is 0.848. The van der Waals surface area contributed by atoms with Gasteiger partial charge in [-0.15, -0.1) is 0 Å². The van der Waals surface area contributed by atoms with Gasteiger partial charge in [0.15, 0.2) is 0 Å². The van der Waals surface area contributed by atoms with E-state index in [9.17, 15) is 0 Å². The van der Waals surface area contributed by atoms with Crippen LogP contribution in [0.5, 0.6) is 0 Å². The molecular weight excluding hydrogens is 234 g/mol. The number of nitrogens with zero attached hydrogens (tertiary/aromatic N) is 2. The lowest BCUT2D eigenvalue weighted by Gasteiger charge is -2.39. The topological polar surface area (TPSA) is 29.9 Å². The summed E-state index contributed by atoms with van der Waals surface area (Å²) in [4.78, 5) is 0. The van der Waals surface area contributed by atoms with E-state index in [1.807, 2.05) is 17.9 Å². The van der Waals surface area contributed by atoms with Crippen LogP contribution in [-0.2, 0) is 7.05 Å². The van der Waals surface area contributed by atoms with E-state index in [0.717, 1.165) is 12.5 Å². The van der Waals surface area contributed by atoms with E-state index in [4.69, 9.17) is 0 Å². The maximum absolute atomic E-state index is 4.38. The predicted molar refractivity (Wildman–Crippen MR) is 80.0 cm³/mol. The van der Waals surface area contributed by atoms with E-state index in [1.54, 1.807) is 0 Å². The van der Waals surface area contributed by atoms with Crippen LogP contribution in [0.1, 0.15) is 64.5 Å². The third kappa shape index (κ3) is 3.19. The Balaban J connectivity index is 2.28. The van der Waals surface area contributed by atoms with Crippen LogP contribution in [0.4, 0.5) is 0 Å². The molecule has 108 valence electrons. The Morgan fingerprint density at radius 1 is 1.37 bits per heavy atom.